The van der Waals surface area contributed by atoms with Gasteiger partial charge < -0.3 is 9.64 Å². The zero-order valence-electron chi connectivity index (χ0n) is 16.4. The summed E-state index contributed by atoms with van der Waals surface area (Å²) < 4.78 is 6.05. The molecule has 1 saturated heterocycles. The summed E-state index contributed by atoms with van der Waals surface area (Å²) in [5, 5.41) is 0. The number of likely N-dealkylation sites (tertiary alicyclic amines) is 1. The molecule has 144 valence electrons. The molecule has 1 amide bonds. The van der Waals surface area contributed by atoms with Crippen LogP contribution in [0.2, 0.25) is 0 Å². The fourth-order valence-corrected chi connectivity index (χ4v) is 3.65. The van der Waals surface area contributed by atoms with Crippen LogP contribution in [0.25, 0.3) is 0 Å². The number of ether oxygens (including phenoxy) is 1. The average Bonchev–Trinajstić information content (AvgIpc) is 2.70. The zero-order chi connectivity index (χ0) is 19.1. The number of likely N-dealkylation sites (N-methyl/N-ethyl adjacent to an activating group) is 1. The Kier molecular flexibility index (Phi) is 7.02. The van der Waals surface area contributed by atoms with Gasteiger partial charge in [-0.25, -0.2) is 0 Å². The van der Waals surface area contributed by atoms with E-state index in [9.17, 15) is 4.79 Å². The molecular weight excluding hydrogens is 336 g/mol. The van der Waals surface area contributed by atoms with Gasteiger partial charge in [0, 0.05) is 25.3 Å². The first-order valence-electron chi connectivity index (χ1n) is 9.91. The van der Waals surface area contributed by atoms with Crippen molar-refractivity contribution in [2.24, 2.45) is 0 Å². The van der Waals surface area contributed by atoms with E-state index in [0.717, 1.165) is 37.2 Å². The van der Waals surface area contributed by atoms with Crippen LogP contribution in [0.15, 0.2) is 54.6 Å². The molecule has 0 unspecified atom stereocenters. The Balaban J connectivity index is 1.47. The highest BCUT2D eigenvalue weighted by atomic mass is 16.5. The normalized spacial score (nSPS) is 15.6. The van der Waals surface area contributed by atoms with E-state index in [-0.39, 0.29) is 12.0 Å². The Hall–Kier alpha value is -2.17. The number of piperidine rings is 1. The third kappa shape index (κ3) is 5.41. The van der Waals surface area contributed by atoms with Gasteiger partial charge in [-0.1, -0.05) is 48.5 Å². The molecule has 0 saturated carbocycles. The molecule has 1 fully saturated rings. The van der Waals surface area contributed by atoms with Crippen molar-refractivity contribution in [2.75, 3.05) is 31.1 Å². The Labute approximate surface area is 162 Å². The van der Waals surface area contributed by atoms with Gasteiger partial charge in [0.2, 0.25) is 5.91 Å². The summed E-state index contributed by atoms with van der Waals surface area (Å²) >= 11 is 0. The summed E-state index contributed by atoms with van der Waals surface area (Å²) in [5.74, 6) is 0.176. The van der Waals surface area contributed by atoms with E-state index < -0.39 is 0 Å². The lowest BCUT2D eigenvalue weighted by Gasteiger charge is -2.33. The molecular formula is C23H30N2O2. The maximum Gasteiger partial charge on any atom is 0.241 e. The summed E-state index contributed by atoms with van der Waals surface area (Å²) in [4.78, 5) is 17.0. The van der Waals surface area contributed by atoms with Gasteiger partial charge in [-0.3, -0.25) is 9.69 Å². The summed E-state index contributed by atoms with van der Waals surface area (Å²) in [6.07, 6.45) is 2.25. The van der Waals surface area contributed by atoms with Crippen LogP contribution in [-0.4, -0.2) is 43.1 Å². The predicted molar refractivity (Wildman–Crippen MR) is 110 cm³/mol. The van der Waals surface area contributed by atoms with Gasteiger partial charge >= 0.3 is 0 Å². The Morgan fingerprint density at radius 1 is 1.07 bits per heavy atom. The predicted octanol–water partition coefficient (Wildman–Crippen LogP) is 4.03. The topological polar surface area (TPSA) is 32.8 Å². The van der Waals surface area contributed by atoms with Crippen LogP contribution in [0.1, 0.15) is 30.9 Å². The van der Waals surface area contributed by atoms with Gasteiger partial charge in [0.25, 0.3) is 0 Å². The van der Waals surface area contributed by atoms with Gasteiger partial charge in [0.1, 0.15) is 0 Å². The highest BCUT2D eigenvalue weighted by molar-refractivity contribution is 5.95. The first-order chi connectivity index (χ1) is 13.2. The van der Waals surface area contributed by atoms with Crippen molar-refractivity contribution in [1.82, 2.24) is 4.90 Å². The molecule has 4 nitrogen and oxygen atoms in total. The molecule has 4 heteroatoms. The van der Waals surface area contributed by atoms with Crippen molar-refractivity contribution in [3.63, 3.8) is 0 Å². The molecule has 1 aliphatic heterocycles. The smallest absolute Gasteiger partial charge is 0.241 e. The van der Waals surface area contributed by atoms with Crippen molar-refractivity contribution < 1.29 is 9.53 Å². The zero-order valence-corrected chi connectivity index (χ0v) is 16.4. The second-order valence-corrected chi connectivity index (χ2v) is 7.20. The van der Waals surface area contributed by atoms with Crippen LogP contribution < -0.4 is 4.90 Å². The summed E-state index contributed by atoms with van der Waals surface area (Å²) in [6.45, 7) is 7.76. The van der Waals surface area contributed by atoms with E-state index in [1.165, 1.54) is 5.56 Å². The van der Waals surface area contributed by atoms with Crippen molar-refractivity contribution in [3.8, 4) is 0 Å². The molecule has 0 N–H and O–H groups in total. The van der Waals surface area contributed by atoms with Crippen LogP contribution in [-0.2, 0) is 16.1 Å². The number of benzene rings is 2. The largest absolute Gasteiger partial charge is 0.373 e. The molecule has 0 aliphatic carbocycles. The minimum atomic E-state index is 0.176. The van der Waals surface area contributed by atoms with E-state index in [0.29, 0.717) is 19.7 Å². The quantitative estimate of drug-likeness (QED) is 0.742. The lowest BCUT2D eigenvalue weighted by atomic mass is 10.1. The van der Waals surface area contributed by atoms with Crippen LogP contribution in [0.5, 0.6) is 0 Å². The lowest BCUT2D eigenvalue weighted by Crippen LogP contribution is -2.45. The SMILES string of the molecule is CCN(C(=O)CN1CCC(OCc2ccccc2)CC1)c1ccccc1C. The molecule has 0 spiro atoms. The van der Waals surface area contributed by atoms with Crippen molar-refractivity contribution in [2.45, 2.75) is 39.4 Å². The van der Waals surface area contributed by atoms with E-state index >= 15 is 0 Å². The van der Waals surface area contributed by atoms with Gasteiger partial charge in [-0.2, -0.15) is 0 Å². The second kappa shape index (κ2) is 9.67. The maximum absolute atomic E-state index is 12.8. The number of rotatable bonds is 7. The number of carbonyl (C=O) groups excluding carboxylic acids is 1. The molecule has 2 aromatic rings. The van der Waals surface area contributed by atoms with E-state index in [2.05, 4.69) is 30.0 Å². The van der Waals surface area contributed by atoms with Gasteiger partial charge in [0.15, 0.2) is 0 Å². The number of hydrogen-bond acceptors (Lipinski definition) is 3. The number of hydrogen-bond donors (Lipinski definition) is 0. The highest BCUT2D eigenvalue weighted by Crippen LogP contribution is 2.21. The average molecular weight is 367 g/mol. The Morgan fingerprint density at radius 3 is 2.41 bits per heavy atom. The van der Waals surface area contributed by atoms with E-state index in [4.69, 9.17) is 4.74 Å². The standard InChI is InChI=1S/C23H30N2O2/c1-3-25(22-12-8-7-9-19(22)2)23(26)17-24-15-13-21(14-16-24)27-18-20-10-5-4-6-11-20/h4-12,21H,3,13-18H2,1-2H3. The first-order valence-corrected chi connectivity index (χ1v) is 9.91. The molecule has 27 heavy (non-hydrogen) atoms. The number of aryl methyl sites for hydroxylation is 1. The number of amides is 1. The lowest BCUT2D eigenvalue weighted by molar-refractivity contribution is -0.120. The van der Waals surface area contributed by atoms with Crippen molar-refractivity contribution >= 4 is 11.6 Å². The minimum Gasteiger partial charge on any atom is -0.373 e. The van der Waals surface area contributed by atoms with E-state index in [1.54, 1.807) is 0 Å². The van der Waals surface area contributed by atoms with Crippen LogP contribution in [0.4, 0.5) is 5.69 Å². The molecule has 1 heterocycles. The number of carbonyl (C=O) groups is 1. The third-order valence-corrected chi connectivity index (χ3v) is 5.25. The number of para-hydroxylation sites is 1. The van der Waals surface area contributed by atoms with Gasteiger partial charge in [-0.15, -0.1) is 0 Å². The number of anilines is 1. The molecule has 0 aromatic heterocycles. The summed E-state index contributed by atoms with van der Waals surface area (Å²) in [6, 6.07) is 18.4. The van der Waals surface area contributed by atoms with Crippen LogP contribution in [0, 0.1) is 6.92 Å². The molecule has 0 radical (unpaired) electrons. The fourth-order valence-electron chi connectivity index (χ4n) is 3.65. The fraction of sp³-hybridized carbons (Fsp3) is 0.435. The summed E-state index contributed by atoms with van der Waals surface area (Å²) in [5.41, 5.74) is 3.37. The maximum atomic E-state index is 12.8. The molecule has 0 atom stereocenters. The Bertz CT molecular complexity index is 724. The highest BCUT2D eigenvalue weighted by Gasteiger charge is 2.24. The third-order valence-electron chi connectivity index (χ3n) is 5.25. The molecule has 1 aliphatic rings. The molecule has 3 rings (SSSR count). The van der Waals surface area contributed by atoms with Gasteiger partial charge in [0.05, 0.1) is 19.3 Å². The number of nitrogens with zero attached hydrogens (tertiary/aromatic N) is 2. The van der Waals surface area contributed by atoms with E-state index in [1.807, 2.05) is 48.2 Å². The van der Waals surface area contributed by atoms with Crippen molar-refractivity contribution in [3.05, 3.63) is 65.7 Å². The minimum absolute atomic E-state index is 0.176. The first kappa shape index (κ1) is 19.6. The second-order valence-electron chi connectivity index (χ2n) is 7.20. The van der Waals surface area contributed by atoms with Crippen LogP contribution >= 0.6 is 0 Å². The van der Waals surface area contributed by atoms with Gasteiger partial charge in [-0.05, 0) is 43.9 Å². The molecule has 0 bridgehead atoms. The monoisotopic (exact) mass is 366 g/mol. The van der Waals surface area contributed by atoms with Crippen LogP contribution in [0.3, 0.4) is 0 Å². The molecule has 2 aromatic carbocycles. The Morgan fingerprint density at radius 2 is 1.74 bits per heavy atom. The van der Waals surface area contributed by atoms with Crippen molar-refractivity contribution in [1.29, 1.82) is 0 Å². The summed E-state index contributed by atoms with van der Waals surface area (Å²) in [7, 11) is 0.